The number of rotatable bonds is 6. The average molecular weight is 389 g/mol. The number of benzene rings is 2. The van der Waals surface area contributed by atoms with Gasteiger partial charge in [0.15, 0.2) is 0 Å². The molecule has 1 aliphatic carbocycles. The van der Waals surface area contributed by atoms with Crippen LogP contribution < -0.4 is 5.32 Å². The van der Waals surface area contributed by atoms with Crippen molar-refractivity contribution in [2.75, 3.05) is 0 Å². The second-order valence-corrected chi connectivity index (χ2v) is 8.46. The molecule has 1 atom stereocenters. The molecular weight excluding hydrogens is 356 g/mol. The van der Waals surface area contributed by atoms with Gasteiger partial charge in [0.25, 0.3) is 0 Å². The van der Waals surface area contributed by atoms with E-state index in [1.165, 1.54) is 46.9 Å². The molecule has 0 spiro atoms. The van der Waals surface area contributed by atoms with Crippen LogP contribution in [0.3, 0.4) is 0 Å². The van der Waals surface area contributed by atoms with Crippen LogP contribution in [0.1, 0.15) is 68.1 Å². The van der Waals surface area contributed by atoms with Gasteiger partial charge < -0.3 is 9.88 Å². The molecule has 3 aromatic rings. The first-order valence-corrected chi connectivity index (χ1v) is 11.1. The van der Waals surface area contributed by atoms with Crippen LogP contribution in [0.4, 0.5) is 0 Å². The van der Waals surface area contributed by atoms with Crippen molar-refractivity contribution in [2.24, 2.45) is 0 Å². The normalized spacial score (nSPS) is 16.1. The Morgan fingerprint density at radius 2 is 1.79 bits per heavy atom. The van der Waals surface area contributed by atoms with Gasteiger partial charge in [0, 0.05) is 42.0 Å². The third-order valence-electron chi connectivity index (χ3n) is 6.38. The summed E-state index contributed by atoms with van der Waals surface area (Å²) in [6.07, 6.45) is 8.76. The zero-order valence-corrected chi connectivity index (χ0v) is 17.7. The molecule has 0 saturated heterocycles. The number of hydrogen-bond acceptors (Lipinski definition) is 1. The number of para-hydroxylation sites is 1. The largest absolute Gasteiger partial charge is 0.353 e. The lowest BCUT2D eigenvalue weighted by molar-refractivity contribution is -0.122. The number of fused-ring (bicyclic) bond motifs is 1. The molecular formula is C26H32N2O. The van der Waals surface area contributed by atoms with Crippen LogP contribution in [0.2, 0.25) is 0 Å². The third kappa shape index (κ3) is 4.39. The van der Waals surface area contributed by atoms with Crippen molar-refractivity contribution >= 4 is 16.8 Å². The molecule has 1 fully saturated rings. The quantitative estimate of drug-likeness (QED) is 0.557. The maximum atomic E-state index is 13.0. The van der Waals surface area contributed by atoms with Crippen molar-refractivity contribution in [1.29, 1.82) is 0 Å². The Balaban J connectivity index is 1.67. The molecule has 1 heterocycles. The third-order valence-corrected chi connectivity index (χ3v) is 6.38. The number of carbonyl (C=O) groups is 1. The minimum absolute atomic E-state index is 0.0666. The topological polar surface area (TPSA) is 34.0 Å². The summed E-state index contributed by atoms with van der Waals surface area (Å²) in [6.45, 7) is 5.21. The average Bonchev–Trinajstić information content (AvgIpc) is 3.12. The molecule has 4 rings (SSSR count). The number of carbonyl (C=O) groups excluding carboxylic acids is 1. The second kappa shape index (κ2) is 8.86. The monoisotopic (exact) mass is 388 g/mol. The van der Waals surface area contributed by atoms with Crippen molar-refractivity contribution < 1.29 is 4.79 Å². The van der Waals surface area contributed by atoms with Gasteiger partial charge in [-0.05, 0) is 43.9 Å². The highest BCUT2D eigenvalue weighted by Gasteiger charge is 2.24. The summed E-state index contributed by atoms with van der Waals surface area (Å²) in [5.41, 5.74) is 4.96. The Labute approximate surface area is 174 Å². The molecule has 1 saturated carbocycles. The molecule has 0 radical (unpaired) electrons. The van der Waals surface area contributed by atoms with Crippen LogP contribution in [0.15, 0.2) is 54.7 Å². The summed E-state index contributed by atoms with van der Waals surface area (Å²) in [7, 11) is 0. The summed E-state index contributed by atoms with van der Waals surface area (Å²) in [5.74, 6) is 0.243. The summed E-state index contributed by atoms with van der Waals surface area (Å²) in [5, 5.41) is 4.58. The fraction of sp³-hybridized carbons (Fsp3) is 0.423. The predicted octanol–water partition coefficient (Wildman–Crippen LogP) is 5.94. The van der Waals surface area contributed by atoms with Gasteiger partial charge in [-0.3, -0.25) is 4.79 Å². The molecule has 3 heteroatoms. The summed E-state index contributed by atoms with van der Waals surface area (Å²) < 4.78 is 2.30. The van der Waals surface area contributed by atoms with Crippen molar-refractivity contribution in [2.45, 2.75) is 70.9 Å². The molecule has 0 bridgehead atoms. The minimum Gasteiger partial charge on any atom is -0.353 e. The minimum atomic E-state index is 0.0666. The van der Waals surface area contributed by atoms with Crippen LogP contribution in [-0.4, -0.2) is 16.5 Å². The molecule has 2 aromatic carbocycles. The van der Waals surface area contributed by atoms with Crippen molar-refractivity contribution in [3.63, 3.8) is 0 Å². The van der Waals surface area contributed by atoms with Crippen LogP contribution >= 0.6 is 0 Å². The van der Waals surface area contributed by atoms with E-state index in [-0.39, 0.29) is 11.8 Å². The van der Waals surface area contributed by atoms with E-state index in [0.717, 1.165) is 19.4 Å². The fourth-order valence-corrected chi connectivity index (χ4v) is 4.74. The summed E-state index contributed by atoms with van der Waals surface area (Å²) in [4.78, 5) is 13.0. The van der Waals surface area contributed by atoms with Gasteiger partial charge >= 0.3 is 0 Å². The number of nitrogens with one attached hydrogen (secondary N) is 1. The zero-order valence-electron chi connectivity index (χ0n) is 17.7. The molecule has 0 aliphatic heterocycles. The molecule has 3 nitrogen and oxygen atoms in total. The molecule has 1 amide bonds. The molecule has 1 aromatic heterocycles. The van der Waals surface area contributed by atoms with Gasteiger partial charge in [-0.25, -0.2) is 0 Å². The lowest BCUT2D eigenvalue weighted by Gasteiger charge is -2.24. The van der Waals surface area contributed by atoms with Crippen LogP contribution in [-0.2, 0) is 11.3 Å². The Kier molecular flexibility index (Phi) is 6.03. The highest BCUT2D eigenvalue weighted by Crippen LogP contribution is 2.35. The van der Waals surface area contributed by atoms with Crippen molar-refractivity contribution in [3.05, 3.63) is 71.4 Å². The Bertz CT molecular complexity index is 964. The van der Waals surface area contributed by atoms with E-state index in [9.17, 15) is 4.79 Å². The molecule has 1 N–H and O–H groups in total. The lowest BCUT2D eigenvalue weighted by Crippen LogP contribution is -2.36. The van der Waals surface area contributed by atoms with Crippen LogP contribution in [0.25, 0.3) is 10.9 Å². The van der Waals surface area contributed by atoms with Gasteiger partial charge in [-0.1, -0.05) is 67.3 Å². The smallest absolute Gasteiger partial charge is 0.221 e. The summed E-state index contributed by atoms with van der Waals surface area (Å²) in [6, 6.07) is 17.6. The van der Waals surface area contributed by atoms with Crippen LogP contribution in [0, 0.1) is 6.92 Å². The maximum Gasteiger partial charge on any atom is 0.221 e. The Hall–Kier alpha value is -2.55. The predicted molar refractivity (Wildman–Crippen MR) is 120 cm³/mol. The number of aromatic nitrogens is 1. The van der Waals surface area contributed by atoms with Gasteiger partial charge in [0.1, 0.15) is 0 Å². The van der Waals surface area contributed by atoms with E-state index in [2.05, 4.69) is 78.5 Å². The van der Waals surface area contributed by atoms with Gasteiger partial charge in [-0.2, -0.15) is 0 Å². The van der Waals surface area contributed by atoms with E-state index in [1.807, 2.05) is 0 Å². The summed E-state index contributed by atoms with van der Waals surface area (Å²) >= 11 is 0. The lowest BCUT2D eigenvalue weighted by atomic mass is 9.87. The fourth-order valence-electron chi connectivity index (χ4n) is 4.74. The Morgan fingerprint density at radius 1 is 1.07 bits per heavy atom. The highest BCUT2D eigenvalue weighted by atomic mass is 16.1. The van der Waals surface area contributed by atoms with Crippen molar-refractivity contribution in [3.8, 4) is 0 Å². The zero-order chi connectivity index (χ0) is 20.2. The number of nitrogens with zero attached hydrogens (tertiary/aromatic N) is 1. The van der Waals surface area contributed by atoms with E-state index in [0.29, 0.717) is 12.5 Å². The van der Waals surface area contributed by atoms with E-state index >= 15 is 0 Å². The first-order valence-electron chi connectivity index (χ1n) is 11.1. The van der Waals surface area contributed by atoms with E-state index in [4.69, 9.17) is 0 Å². The molecule has 0 unspecified atom stereocenters. The molecule has 29 heavy (non-hydrogen) atoms. The van der Waals surface area contributed by atoms with E-state index in [1.54, 1.807) is 0 Å². The highest BCUT2D eigenvalue weighted by molar-refractivity contribution is 5.86. The number of aryl methyl sites for hydroxylation is 2. The van der Waals surface area contributed by atoms with Crippen LogP contribution in [0.5, 0.6) is 0 Å². The van der Waals surface area contributed by atoms with Gasteiger partial charge in [-0.15, -0.1) is 0 Å². The Morgan fingerprint density at radius 3 is 2.52 bits per heavy atom. The van der Waals surface area contributed by atoms with Gasteiger partial charge in [0.05, 0.1) is 0 Å². The first kappa shape index (κ1) is 19.8. The number of amides is 1. The SMILES string of the molecule is CCn1cc([C@H](CC(=O)NC2CCCCC2)c2ccc(C)cc2)c2ccccc21. The second-order valence-electron chi connectivity index (χ2n) is 8.46. The number of hydrogen-bond donors (Lipinski definition) is 1. The standard InChI is InChI=1S/C26H32N2O/c1-3-28-18-24(22-11-7-8-12-25(22)28)23(20-15-13-19(2)14-16-20)17-26(29)27-21-9-5-4-6-10-21/h7-8,11-16,18,21,23H,3-6,9-10,17H2,1-2H3,(H,27,29)/t23-/m1/s1. The molecule has 152 valence electrons. The van der Waals surface area contributed by atoms with Crippen molar-refractivity contribution in [1.82, 2.24) is 9.88 Å². The van der Waals surface area contributed by atoms with Gasteiger partial charge in [0.2, 0.25) is 5.91 Å². The molecule has 1 aliphatic rings. The first-order chi connectivity index (χ1) is 14.2. The van der Waals surface area contributed by atoms with E-state index < -0.39 is 0 Å². The maximum absolute atomic E-state index is 13.0.